The fourth-order valence-electron chi connectivity index (χ4n) is 2.78. The summed E-state index contributed by atoms with van der Waals surface area (Å²) >= 11 is 0. The molecule has 1 rings (SSSR count). The van der Waals surface area contributed by atoms with Gasteiger partial charge in [0.1, 0.15) is 0 Å². The lowest BCUT2D eigenvalue weighted by molar-refractivity contribution is 0.129. The molecule has 5 nitrogen and oxygen atoms in total. The van der Waals surface area contributed by atoms with Crippen LogP contribution in [0.5, 0.6) is 0 Å². The molecule has 1 aliphatic heterocycles. The van der Waals surface area contributed by atoms with E-state index in [9.17, 15) is 0 Å². The third-order valence-electron chi connectivity index (χ3n) is 4.07. The maximum absolute atomic E-state index is 5.58. The van der Waals surface area contributed by atoms with Gasteiger partial charge in [-0.2, -0.15) is 0 Å². The number of nitrogens with zero attached hydrogens (tertiary/aromatic N) is 2. The lowest BCUT2D eigenvalue weighted by Gasteiger charge is -2.19. The van der Waals surface area contributed by atoms with Crippen molar-refractivity contribution in [1.29, 1.82) is 0 Å². The highest BCUT2D eigenvalue weighted by Gasteiger charge is 2.14. The van der Waals surface area contributed by atoms with E-state index >= 15 is 0 Å². The highest BCUT2D eigenvalue weighted by molar-refractivity contribution is 14.0. The van der Waals surface area contributed by atoms with Crippen molar-refractivity contribution in [3.63, 3.8) is 0 Å². The van der Waals surface area contributed by atoms with Gasteiger partial charge in [0.25, 0.3) is 0 Å². The molecular formula is C18H39IN4O. The first kappa shape index (κ1) is 23.9. The predicted molar refractivity (Wildman–Crippen MR) is 115 cm³/mol. The first-order chi connectivity index (χ1) is 11.3. The number of halogens is 1. The second-order valence-electron chi connectivity index (χ2n) is 6.58. The summed E-state index contributed by atoms with van der Waals surface area (Å²) in [6, 6.07) is 0. The summed E-state index contributed by atoms with van der Waals surface area (Å²) in [5, 5.41) is 6.73. The molecule has 1 unspecified atom stereocenters. The van der Waals surface area contributed by atoms with Gasteiger partial charge in [-0.05, 0) is 51.6 Å². The van der Waals surface area contributed by atoms with Crippen LogP contribution in [0.4, 0.5) is 0 Å². The maximum Gasteiger partial charge on any atom is 0.191 e. The Kier molecular flexibility index (Phi) is 16.3. The SMILES string of the molecule is CCCCOCCCNC(=NCC(C)CN1CCCC1)NCC.I. The molecule has 0 radical (unpaired) electrons. The Hall–Kier alpha value is -0.0800. The van der Waals surface area contributed by atoms with Crippen LogP contribution in [-0.2, 0) is 4.74 Å². The van der Waals surface area contributed by atoms with Crippen LogP contribution in [0, 0.1) is 5.92 Å². The van der Waals surface area contributed by atoms with E-state index in [1.54, 1.807) is 0 Å². The van der Waals surface area contributed by atoms with Crippen molar-refractivity contribution in [1.82, 2.24) is 15.5 Å². The average Bonchev–Trinajstić information content (AvgIpc) is 3.04. The number of guanidine groups is 1. The van der Waals surface area contributed by atoms with Crippen molar-refractivity contribution in [2.75, 3.05) is 52.5 Å². The molecule has 1 saturated heterocycles. The Balaban J connectivity index is 0.00000529. The standard InChI is InChI=1S/C18H38N4O.HI/c1-4-6-13-23-14-9-10-20-18(19-5-2)21-15-17(3)16-22-11-7-8-12-22;/h17H,4-16H2,1-3H3,(H2,19,20,21);1H. The Morgan fingerprint density at radius 2 is 1.83 bits per heavy atom. The van der Waals surface area contributed by atoms with Crippen LogP contribution in [0.2, 0.25) is 0 Å². The van der Waals surface area contributed by atoms with Crippen molar-refractivity contribution in [2.45, 2.75) is 52.9 Å². The maximum atomic E-state index is 5.58. The van der Waals surface area contributed by atoms with Gasteiger partial charge in [-0.3, -0.25) is 4.99 Å². The highest BCUT2D eigenvalue weighted by atomic mass is 127. The number of likely N-dealkylation sites (tertiary alicyclic amines) is 1. The number of hydrogen-bond donors (Lipinski definition) is 2. The molecule has 0 aliphatic carbocycles. The molecule has 0 aromatic carbocycles. The quantitative estimate of drug-likeness (QED) is 0.206. The average molecular weight is 454 g/mol. The zero-order valence-electron chi connectivity index (χ0n) is 16.0. The van der Waals surface area contributed by atoms with E-state index in [0.717, 1.165) is 51.6 Å². The van der Waals surface area contributed by atoms with E-state index in [0.29, 0.717) is 5.92 Å². The number of unbranched alkanes of at least 4 members (excludes halogenated alkanes) is 1. The third-order valence-corrected chi connectivity index (χ3v) is 4.07. The molecule has 0 bridgehead atoms. The number of rotatable bonds is 12. The number of hydrogen-bond acceptors (Lipinski definition) is 3. The summed E-state index contributed by atoms with van der Waals surface area (Å²) in [6.07, 6.45) is 6.11. The van der Waals surface area contributed by atoms with E-state index in [4.69, 9.17) is 9.73 Å². The fourth-order valence-corrected chi connectivity index (χ4v) is 2.78. The minimum Gasteiger partial charge on any atom is -0.381 e. The second kappa shape index (κ2) is 16.4. The second-order valence-corrected chi connectivity index (χ2v) is 6.58. The van der Waals surface area contributed by atoms with Crippen LogP contribution >= 0.6 is 24.0 Å². The molecule has 1 fully saturated rings. The van der Waals surface area contributed by atoms with Crippen molar-refractivity contribution in [3.05, 3.63) is 0 Å². The summed E-state index contributed by atoms with van der Waals surface area (Å²) in [5.41, 5.74) is 0. The first-order valence-corrected chi connectivity index (χ1v) is 9.58. The molecule has 1 aliphatic rings. The predicted octanol–water partition coefficient (Wildman–Crippen LogP) is 3.10. The van der Waals surface area contributed by atoms with Crippen molar-refractivity contribution in [3.8, 4) is 0 Å². The lowest BCUT2D eigenvalue weighted by atomic mass is 10.2. The van der Waals surface area contributed by atoms with Gasteiger partial charge in [-0.25, -0.2) is 0 Å². The van der Waals surface area contributed by atoms with Crippen LogP contribution in [-0.4, -0.2) is 63.3 Å². The van der Waals surface area contributed by atoms with Crippen molar-refractivity contribution >= 4 is 29.9 Å². The Labute approximate surface area is 166 Å². The minimum atomic E-state index is 0. The summed E-state index contributed by atoms with van der Waals surface area (Å²) in [6.45, 7) is 14.7. The topological polar surface area (TPSA) is 48.9 Å². The number of aliphatic imine (C=N–C) groups is 1. The number of nitrogens with one attached hydrogen (secondary N) is 2. The molecule has 2 N–H and O–H groups in total. The molecule has 6 heteroatoms. The van der Waals surface area contributed by atoms with Gasteiger partial charge in [0.15, 0.2) is 5.96 Å². The van der Waals surface area contributed by atoms with Crippen LogP contribution in [0.25, 0.3) is 0 Å². The van der Waals surface area contributed by atoms with Crippen molar-refractivity contribution in [2.24, 2.45) is 10.9 Å². The van der Waals surface area contributed by atoms with Gasteiger partial charge < -0.3 is 20.3 Å². The normalized spacial score (nSPS) is 16.7. The summed E-state index contributed by atoms with van der Waals surface area (Å²) in [4.78, 5) is 7.29. The molecule has 144 valence electrons. The monoisotopic (exact) mass is 454 g/mol. The van der Waals surface area contributed by atoms with E-state index in [2.05, 4.69) is 36.3 Å². The highest BCUT2D eigenvalue weighted by Crippen LogP contribution is 2.10. The summed E-state index contributed by atoms with van der Waals surface area (Å²) in [7, 11) is 0. The van der Waals surface area contributed by atoms with Gasteiger partial charge in [-0.15, -0.1) is 24.0 Å². The molecule has 0 saturated carbocycles. The smallest absolute Gasteiger partial charge is 0.191 e. The molecule has 1 heterocycles. The van der Waals surface area contributed by atoms with Crippen LogP contribution in [0.3, 0.4) is 0 Å². The number of ether oxygens (including phenoxy) is 1. The van der Waals surface area contributed by atoms with Crippen LogP contribution in [0.15, 0.2) is 4.99 Å². The summed E-state index contributed by atoms with van der Waals surface area (Å²) < 4.78 is 5.58. The van der Waals surface area contributed by atoms with Gasteiger partial charge in [0, 0.05) is 39.4 Å². The molecule has 0 spiro atoms. The molecule has 24 heavy (non-hydrogen) atoms. The van der Waals surface area contributed by atoms with E-state index in [1.165, 1.54) is 38.9 Å². The molecule has 0 amide bonds. The van der Waals surface area contributed by atoms with Crippen molar-refractivity contribution < 1.29 is 4.74 Å². The minimum absolute atomic E-state index is 0. The fraction of sp³-hybridized carbons (Fsp3) is 0.944. The Morgan fingerprint density at radius 3 is 2.50 bits per heavy atom. The zero-order chi connectivity index (χ0) is 16.8. The van der Waals surface area contributed by atoms with Gasteiger partial charge >= 0.3 is 0 Å². The van der Waals surface area contributed by atoms with Crippen LogP contribution < -0.4 is 10.6 Å². The molecular weight excluding hydrogens is 415 g/mol. The Bertz CT molecular complexity index is 309. The molecule has 0 aromatic heterocycles. The van der Waals surface area contributed by atoms with Gasteiger partial charge in [0.2, 0.25) is 0 Å². The van der Waals surface area contributed by atoms with E-state index in [1.807, 2.05) is 0 Å². The van der Waals surface area contributed by atoms with E-state index in [-0.39, 0.29) is 24.0 Å². The Morgan fingerprint density at radius 1 is 1.12 bits per heavy atom. The van der Waals surface area contributed by atoms with Gasteiger partial charge in [0.05, 0.1) is 0 Å². The zero-order valence-corrected chi connectivity index (χ0v) is 18.3. The molecule has 1 atom stereocenters. The third kappa shape index (κ3) is 12.3. The lowest BCUT2D eigenvalue weighted by Crippen LogP contribution is -2.38. The largest absolute Gasteiger partial charge is 0.381 e. The van der Waals surface area contributed by atoms with Crippen LogP contribution in [0.1, 0.15) is 52.9 Å². The molecule has 0 aromatic rings. The summed E-state index contributed by atoms with van der Waals surface area (Å²) in [5.74, 6) is 1.55. The first-order valence-electron chi connectivity index (χ1n) is 9.58. The van der Waals surface area contributed by atoms with E-state index < -0.39 is 0 Å². The van der Waals surface area contributed by atoms with Gasteiger partial charge in [-0.1, -0.05) is 20.3 Å².